The molecule has 0 radical (unpaired) electrons. The van der Waals surface area contributed by atoms with Gasteiger partial charge >= 0.3 is 0 Å². The third-order valence-electron chi connectivity index (χ3n) is 8.94. The van der Waals surface area contributed by atoms with Crippen molar-refractivity contribution in [2.45, 2.75) is 65.5 Å². The molecule has 0 atom stereocenters. The van der Waals surface area contributed by atoms with Crippen LogP contribution in [0.3, 0.4) is 0 Å². The van der Waals surface area contributed by atoms with Crippen LogP contribution in [-0.2, 0) is 17.9 Å². The number of hydrogen-bond donors (Lipinski definition) is 0. The quantitative estimate of drug-likeness (QED) is 0.552. The van der Waals surface area contributed by atoms with Gasteiger partial charge in [0.2, 0.25) is 5.91 Å². The Bertz CT molecular complexity index is 1220. The van der Waals surface area contributed by atoms with Gasteiger partial charge in [-0.1, -0.05) is 17.7 Å². The van der Waals surface area contributed by atoms with Crippen LogP contribution >= 0.6 is 0 Å². The van der Waals surface area contributed by atoms with Gasteiger partial charge in [-0.2, -0.15) is 5.10 Å². The van der Waals surface area contributed by atoms with Gasteiger partial charge in [0.25, 0.3) is 0 Å². The summed E-state index contributed by atoms with van der Waals surface area (Å²) in [5.74, 6) is 3.84. The van der Waals surface area contributed by atoms with Gasteiger partial charge in [-0.15, -0.1) is 0 Å². The number of rotatable bonds is 3. The number of nitrogens with zero attached hydrogens (tertiary/aromatic N) is 4. The summed E-state index contributed by atoms with van der Waals surface area (Å²) < 4.78 is 4.25. The predicted octanol–water partition coefficient (Wildman–Crippen LogP) is 5.34. The van der Waals surface area contributed by atoms with Crippen LogP contribution in [0, 0.1) is 37.0 Å². The van der Waals surface area contributed by atoms with Crippen molar-refractivity contribution in [3.8, 4) is 11.5 Å². The van der Waals surface area contributed by atoms with Crippen molar-refractivity contribution in [1.29, 1.82) is 0 Å². The van der Waals surface area contributed by atoms with E-state index in [4.69, 9.17) is 5.10 Å². The molecule has 4 aliphatic carbocycles. The third kappa shape index (κ3) is 2.90. The van der Waals surface area contributed by atoms with Gasteiger partial charge in [0, 0.05) is 18.0 Å². The maximum atomic E-state index is 14.0. The predicted molar refractivity (Wildman–Crippen MR) is 127 cm³/mol. The molecule has 1 amide bonds. The average Bonchev–Trinajstić information content (AvgIpc) is 3.48. The lowest BCUT2D eigenvalue weighted by Gasteiger charge is -2.56. The van der Waals surface area contributed by atoms with Crippen LogP contribution in [0.25, 0.3) is 11.5 Å². The van der Waals surface area contributed by atoms with Gasteiger partial charge in [0.05, 0.1) is 29.9 Å². The molecule has 5 heteroatoms. The van der Waals surface area contributed by atoms with Crippen molar-refractivity contribution in [2.75, 3.05) is 0 Å². The van der Waals surface area contributed by atoms with E-state index in [1.165, 1.54) is 36.0 Å². The van der Waals surface area contributed by atoms with Gasteiger partial charge in [-0.25, -0.2) is 4.68 Å². The summed E-state index contributed by atoms with van der Waals surface area (Å²) in [5, 5.41) is 5.09. The lowest BCUT2D eigenvalue weighted by atomic mass is 9.49. The van der Waals surface area contributed by atoms with Crippen molar-refractivity contribution < 1.29 is 4.79 Å². The Morgan fingerprint density at radius 3 is 2.27 bits per heavy atom. The van der Waals surface area contributed by atoms with E-state index in [-0.39, 0.29) is 5.41 Å². The molecule has 0 unspecified atom stereocenters. The Hall–Kier alpha value is -2.82. The van der Waals surface area contributed by atoms with Crippen LogP contribution in [0.15, 0.2) is 42.7 Å². The van der Waals surface area contributed by atoms with E-state index in [0.717, 1.165) is 54.2 Å². The zero-order valence-corrected chi connectivity index (χ0v) is 19.6. The summed E-state index contributed by atoms with van der Waals surface area (Å²) in [6.45, 7) is 5.59. The van der Waals surface area contributed by atoms with Gasteiger partial charge in [0.1, 0.15) is 5.82 Å². The molecule has 3 heterocycles. The van der Waals surface area contributed by atoms with Crippen molar-refractivity contribution in [1.82, 2.24) is 19.2 Å². The molecule has 5 aliphatic rings. The Labute approximate surface area is 195 Å². The second-order valence-corrected chi connectivity index (χ2v) is 11.4. The number of carbonyl (C=O) groups excluding carboxylic acids is 1. The number of fused-ring (bicyclic) bond motifs is 1. The van der Waals surface area contributed by atoms with Crippen LogP contribution in [-0.4, -0.2) is 25.2 Å². The maximum Gasteiger partial charge on any atom is 0.229 e. The molecule has 4 saturated carbocycles. The van der Waals surface area contributed by atoms with Gasteiger partial charge < -0.3 is 9.47 Å². The third-order valence-corrected chi connectivity index (χ3v) is 8.94. The van der Waals surface area contributed by atoms with Crippen LogP contribution in [0.2, 0.25) is 0 Å². The molecule has 1 aliphatic heterocycles. The van der Waals surface area contributed by atoms with Crippen molar-refractivity contribution >= 4 is 5.91 Å². The Balaban J connectivity index is 1.25. The average molecular weight is 441 g/mol. The number of hydrogen-bond acceptors (Lipinski definition) is 2. The topological polar surface area (TPSA) is 43.1 Å². The summed E-state index contributed by atoms with van der Waals surface area (Å²) in [6.07, 6.45) is 11.6. The fourth-order valence-corrected chi connectivity index (χ4v) is 8.01. The molecule has 170 valence electrons. The molecular weight excluding hydrogens is 408 g/mol. The van der Waals surface area contributed by atoms with E-state index in [2.05, 4.69) is 70.7 Å². The standard InChI is InChI=1S/C28H32N4O/c1-18-5-6-25(19(2)9-18)32-26(30-7-3-4-8-30)23-16-31(17-24(23)29-32)27(33)28-13-20-10-21(14-28)12-22(11-20)15-28/h3-9,20-22H,10-17H2,1-2H3. The van der Waals surface area contributed by atoms with E-state index < -0.39 is 0 Å². The Kier molecular flexibility index (Phi) is 4.07. The largest absolute Gasteiger partial charge is 0.332 e. The van der Waals surface area contributed by atoms with Crippen molar-refractivity contribution in [3.05, 3.63) is 65.1 Å². The summed E-state index contributed by atoms with van der Waals surface area (Å²) >= 11 is 0. The first kappa shape index (κ1) is 19.6. The number of aromatic nitrogens is 3. The molecule has 4 fully saturated rings. The van der Waals surface area contributed by atoms with Crippen LogP contribution in [0.4, 0.5) is 0 Å². The molecule has 8 rings (SSSR count). The van der Waals surface area contributed by atoms with Crippen molar-refractivity contribution in [3.63, 3.8) is 0 Å². The van der Waals surface area contributed by atoms with Crippen LogP contribution < -0.4 is 0 Å². The molecule has 33 heavy (non-hydrogen) atoms. The van der Waals surface area contributed by atoms with Crippen LogP contribution in [0.1, 0.15) is 60.9 Å². The van der Waals surface area contributed by atoms with E-state index in [1.54, 1.807) is 0 Å². The Morgan fingerprint density at radius 1 is 0.970 bits per heavy atom. The van der Waals surface area contributed by atoms with E-state index in [0.29, 0.717) is 19.0 Å². The fraction of sp³-hybridized carbons (Fsp3) is 0.500. The van der Waals surface area contributed by atoms with E-state index in [1.807, 2.05) is 0 Å². The molecule has 0 saturated heterocycles. The highest BCUT2D eigenvalue weighted by atomic mass is 16.2. The number of amides is 1. The second kappa shape index (κ2) is 6.85. The molecule has 5 nitrogen and oxygen atoms in total. The van der Waals surface area contributed by atoms with E-state index in [9.17, 15) is 4.79 Å². The summed E-state index contributed by atoms with van der Waals surface area (Å²) in [6, 6.07) is 10.6. The smallest absolute Gasteiger partial charge is 0.229 e. The van der Waals surface area contributed by atoms with Crippen LogP contribution in [0.5, 0.6) is 0 Å². The first-order chi connectivity index (χ1) is 16.0. The lowest BCUT2D eigenvalue weighted by molar-refractivity contribution is -0.158. The zero-order valence-electron chi connectivity index (χ0n) is 19.6. The first-order valence-electron chi connectivity index (χ1n) is 12.6. The van der Waals surface area contributed by atoms with Gasteiger partial charge in [-0.3, -0.25) is 4.79 Å². The van der Waals surface area contributed by atoms with E-state index >= 15 is 0 Å². The fourth-order valence-electron chi connectivity index (χ4n) is 8.01. The Morgan fingerprint density at radius 2 is 1.64 bits per heavy atom. The molecular formula is C28H32N4O. The SMILES string of the molecule is Cc1ccc(-n2nc3c(c2-n2cccc2)CN(C(=O)C24CC5CC(CC(C5)C2)C4)C3)c(C)c1. The zero-order chi connectivity index (χ0) is 22.3. The minimum absolute atomic E-state index is 0.0879. The van der Waals surface area contributed by atoms with Crippen molar-refractivity contribution in [2.24, 2.45) is 23.2 Å². The number of aryl methyl sites for hydroxylation is 2. The minimum atomic E-state index is -0.0879. The molecule has 2 aromatic heterocycles. The summed E-state index contributed by atoms with van der Waals surface area (Å²) in [5.41, 5.74) is 5.74. The molecule has 1 aromatic carbocycles. The normalized spacial score (nSPS) is 29.6. The maximum absolute atomic E-state index is 14.0. The monoisotopic (exact) mass is 440 g/mol. The highest BCUT2D eigenvalue weighted by Gasteiger charge is 2.56. The molecule has 0 N–H and O–H groups in total. The highest BCUT2D eigenvalue weighted by Crippen LogP contribution is 2.60. The molecule has 4 bridgehead atoms. The van der Waals surface area contributed by atoms with Gasteiger partial charge in [0.15, 0.2) is 0 Å². The highest BCUT2D eigenvalue weighted by molar-refractivity contribution is 5.84. The minimum Gasteiger partial charge on any atom is -0.332 e. The summed E-state index contributed by atoms with van der Waals surface area (Å²) in [4.78, 5) is 16.1. The molecule has 0 spiro atoms. The number of benzene rings is 1. The molecule has 3 aromatic rings. The van der Waals surface area contributed by atoms with Gasteiger partial charge in [-0.05, 0) is 93.9 Å². The number of carbonyl (C=O) groups is 1. The first-order valence-corrected chi connectivity index (χ1v) is 12.6. The summed E-state index contributed by atoms with van der Waals surface area (Å²) in [7, 11) is 0. The lowest BCUT2D eigenvalue weighted by Crippen LogP contribution is -2.53. The second-order valence-electron chi connectivity index (χ2n) is 11.4.